The monoisotopic (exact) mass is 525 g/mol. The summed E-state index contributed by atoms with van der Waals surface area (Å²) in [5.74, 6) is -3.09. The molecular formula is C26H29F2N7O3. The van der Waals surface area contributed by atoms with Crippen molar-refractivity contribution in [2.75, 3.05) is 17.7 Å². The number of nitrogens with zero attached hydrogens (tertiary/aromatic N) is 5. The number of urea groups is 1. The molecule has 1 aliphatic heterocycles. The van der Waals surface area contributed by atoms with Crippen LogP contribution in [0.1, 0.15) is 36.1 Å². The SMILES string of the molecule is CCC(NC(=O)N1C(=O)[C@H](Cc2ccnc(N)c2)[C@H]1C(=O)N(C)c1cnn(C)c1)c1ccc(F)c(C)c1F. The minimum absolute atomic E-state index is 0.0897. The predicted molar refractivity (Wildman–Crippen MR) is 136 cm³/mol. The minimum Gasteiger partial charge on any atom is -0.384 e. The number of nitrogens with two attached hydrogens (primary N) is 1. The third-order valence-corrected chi connectivity index (χ3v) is 6.83. The van der Waals surface area contributed by atoms with E-state index in [1.165, 1.54) is 42.0 Å². The van der Waals surface area contributed by atoms with Crippen LogP contribution in [0.2, 0.25) is 0 Å². The summed E-state index contributed by atoms with van der Waals surface area (Å²) >= 11 is 0. The molecule has 1 saturated heterocycles. The first-order chi connectivity index (χ1) is 18.0. The topological polar surface area (TPSA) is 126 Å². The fourth-order valence-electron chi connectivity index (χ4n) is 4.61. The summed E-state index contributed by atoms with van der Waals surface area (Å²) in [6.45, 7) is 3.03. The van der Waals surface area contributed by atoms with Crippen molar-refractivity contribution in [1.29, 1.82) is 0 Å². The Bertz CT molecular complexity index is 1390. The summed E-state index contributed by atoms with van der Waals surface area (Å²) in [5, 5.41) is 6.72. The summed E-state index contributed by atoms with van der Waals surface area (Å²) in [5.41, 5.74) is 6.87. The number of likely N-dealkylation sites (tertiary alicyclic amines) is 1. The molecule has 3 aromatic rings. The Morgan fingerprint density at radius 3 is 2.63 bits per heavy atom. The van der Waals surface area contributed by atoms with E-state index in [1.54, 1.807) is 32.3 Å². The van der Waals surface area contributed by atoms with Crippen LogP contribution in [0.3, 0.4) is 0 Å². The maximum Gasteiger partial charge on any atom is 0.325 e. The Morgan fingerprint density at radius 1 is 1.26 bits per heavy atom. The number of β-lactam (4-membered cyclic amide) rings is 1. The van der Waals surface area contributed by atoms with Gasteiger partial charge in [-0.2, -0.15) is 5.10 Å². The molecular weight excluding hydrogens is 496 g/mol. The van der Waals surface area contributed by atoms with E-state index in [2.05, 4.69) is 15.4 Å². The van der Waals surface area contributed by atoms with Crippen molar-refractivity contribution in [3.05, 3.63) is 71.2 Å². The zero-order valence-corrected chi connectivity index (χ0v) is 21.5. The largest absolute Gasteiger partial charge is 0.384 e. The highest BCUT2D eigenvalue weighted by atomic mass is 19.1. The van der Waals surface area contributed by atoms with Gasteiger partial charge in [-0.05, 0) is 43.5 Å². The Balaban J connectivity index is 1.62. The lowest BCUT2D eigenvalue weighted by Crippen LogP contribution is -2.70. The maximum atomic E-state index is 14.8. The Morgan fingerprint density at radius 2 is 2.00 bits per heavy atom. The van der Waals surface area contributed by atoms with Crippen LogP contribution in [0.5, 0.6) is 0 Å². The molecule has 200 valence electrons. The van der Waals surface area contributed by atoms with Crippen molar-refractivity contribution in [2.24, 2.45) is 13.0 Å². The highest BCUT2D eigenvalue weighted by Crippen LogP contribution is 2.34. The molecule has 2 aromatic heterocycles. The van der Waals surface area contributed by atoms with E-state index < -0.39 is 47.5 Å². The third-order valence-electron chi connectivity index (χ3n) is 6.83. The normalized spacial score (nSPS) is 17.6. The van der Waals surface area contributed by atoms with Crippen molar-refractivity contribution in [2.45, 2.75) is 38.8 Å². The average molecular weight is 526 g/mol. The van der Waals surface area contributed by atoms with Gasteiger partial charge in [0.1, 0.15) is 23.5 Å². The van der Waals surface area contributed by atoms with Gasteiger partial charge in [0.25, 0.3) is 5.91 Å². The number of pyridine rings is 1. The molecule has 10 nitrogen and oxygen atoms in total. The van der Waals surface area contributed by atoms with Gasteiger partial charge in [0.05, 0.1) is 23.8 Å². The molecule has 0 saturated carbocycles. The van der Waals surface area contributed by atoms with Gasteiger partial charge < -0.3 is 16.0 Å². The molecule has 38 heavy (non-hydrogen) atoms. The number of amides is 4. The molecule has 0 radical (unpaired) electrons. The second-order valence-electron chi connectivity index (χ2n) is 9.31. The fraction of sp³-hybridized carbons (Fsp3) is 0.346. The van der Waals surface area contributed by atoms with Gasteiger partial charge in [-0.15, -0.1) is 0 Å². The van der Waals surface area contributed by atoms with Gasteiger partial charge in [0, 0.05) is 37.6 Å². The number of aromatic nitrogens is 3. The number of aryl methyl sites for hydroxylation is 1. The Kier molecular flexibility index (Phi) is 7.42. The van der Waals surface area contributed by atoms with Gasteiger partial charge in [0.15, 0.2) is 0 Å². The van der Waals surface area contributed by atoms with Crippen LogP contribution < -0.4 is 16.0 Å². The molecule has 4 amide bonds. The number of halogens is 2. The fourth-order valence-corrected chi connectivity index (χ4v) is 4.61. The number of nitrogen functional groups attached to an aromatic ring is 1. The summed E-state index contributed by atoms with van der Waals surface area (Å²) in [7, 11) is 3.23. The standard InChI is InChI=1S/C26H29F2N7O3/c1-5-20(17-6-7-19(27)14(2)22(17)28)32-26(38)35-23(25(37)34(4)16-12-31-33(3)13-16)18(24(35)36)10-15-8-9-30-21(29)11-15/h6-9,11-13,18,20,23H,5,10H2,1-4H3,(H2,29,30)(H,32,38)/t18-,20?,23+/m1/s1. The molecule has 1 unspecified atom stereocenters. The van der Waals surface area contributed by atoms with Crippen LogP contribution in [-0.2, 0) is 23.1 Å². The van der Waals surface area contributed by atoms with Crippen molar-refractivity contribution >= 4 is 29.4 Å². The lowest BCUT2D eigenvalue weighted by Gasteiger charge is -2.46. The van der Waals surface area contributed by atoms with Gasteiger partial charge in [-0.25, -0.2) is 18.6 Å². The summed E-state index contributed by atoms with van der Waals surface area (Å²) in [6.07, 6.45) is 5.06. The molecule has 12 heteroatoms. The molecule has 0 spiro atoms. The number of hydrogen-bond donors (Lipinski definition) is 2. The molecule has 0 bridgehead atoms. The second-order valence-corrected chi connectivity index (χ2v) is 9.31. The third kappa shape index (κ3) is 4.93. The number of imide groups is 1. The van der Waals surface area contributed by atoms with Crippen molar-refractivity contribution in [1.82, 2.24) is 25.0 Å². The first-order valence-corrected chi connectivity index (χ1v) is 12.1. The molecule has 1 aliphatic rings. The first kappa shape index (κ1) is 26.7. The van der Waals surface area contributed by atoms with Crippen LogP contribution in [0.25, 0.3) is 0 Å². The summed E-state index contributed by atoms with van der Waals surface area (Å²) < 4.78 is 30.1. The highest BCUT2D eigenvalue weighted by Gasteiger charge is 2.55. The molecule has 3 atom stereocenters. The number of hydrogen-bond acceptors (Lipinski definition) is 6. The van der Waals surface area contributed by atoms with Gasteiger partial charge in [-0.1, -0.05) is 13.0 Å². The zero-order valence-electron chi connectivity index (χ0n) is 21.5. The lowest BCUT2D eigenvalue weighted by molar-refractivity contribution is -0.156. The summed E-state index contributed by atoms with van der Waals surface area (Å²) in [4.78, 5) is 46.3. The van der Waals surface area contributed by atoms with Crippen LogP contribution in [-0.4, -0.2) is 50.6 Å². The second kappa shape index (κ2) is 10.6. The number of nitrogens with one attached hydrogen (secondary N) is 1. The van der Waals surface area contributed by atoms with Gasteiger partial charge >= 0.3 is 6.03 Å². The van der Waals surface area contributed by atoms with E-state index in [0.29, 0.717) is 11.3 Å². The number of likely N-dealkylation sites (N-methyl/N-ethyl adjacent to an activating group) is 1. The number of rotatable bonds is 7. The average Bonchev–Trinajstić information content (AvgIpc) is 3.33. The van der Waals surface area contributed by atoms with Crippen LogP contribution in [0.15, 0.2) is 42.9 Å². The van der Waals surface area contributed by atoms with Crippen molar-refractivity contribution in [3.8, 4) is 0 Å². The van der Waals surface area contributed by atoms with Crippen molar-refractivity contribution < 1.29 is 23.2 Å². The quantitative estimate of drug-likeness (QED) is 0.457. The van der Waals surface area contributed by atoms with E-state index in [9.17, 15) is 23.2 Å². The molecule has 1 fully saturated rings. The number of carbonyl (C=O) groups excluding carboxylic acids is 3. The number of anilines is 2. The summed E-state index contributed by atoms with van der Waals surface area (Å²) in [6, 6.07) is 2.87. The Labute approximate surface area is 218 Å². The van der Waals surface area contributed by atoms with E-state index in [-0.39, 0.29) is 29.8 Å². The molecule has 4 rings (SSSR count). The minimum atomic E-state index is -1.13. The number of carbonyl (C=O) groups is 3. The highest BCUT2D eigenvalue weighted by molar-refractivity contribution is 6.12. The Hall–Kier alpha value is -4.35. The van der Waals surface area contributed by atoms with Crippen LogP contribution in [0, 0.1) is 24.5 Å². The molecule has 3 heterocycles. The zero-order chi connectivity index (χ0) is 27.7. The smallest absolute Gasteiger partial charge is 0.325 e. The molecule has 1 aromatic carbocycles. The first-order valence-electron chi connectivity index (χ1n) is 12.1. The van der Waals surface area contributed by atoms with Crippen LogP contribution >= 0.6 is 0 Å². The van der Waals surface area contributed by atoms with Crippen LogP contribution in [0.4, 0.5) is 25.1 Å². The van der Waals surface area contributed by atoms with Gasteiger partial charge in [0.2, 0.25) is 5.91 Å². The maximum absolute atomic E-state index is 14.8. The molecule has 3 N–H and O–H groups in total. The van der Waals surface area contributed by atoms with E-state index in [4.69, 9.17) is 5.73 Å². The molecule has 0 aliphatic carbocycles. The number of benzene rings is 1. The van der Waals surface area contributed by atoms with Gasteiger partial charge in [-0.3, -0.25) is 19.2 Å². The van der Waals surface area contributed by atoms with E-state index >= 15 is 0 Å². The van der Waals surface area contributed by atoms with Crippen molar-refractivity contribution in [3.63, 3.8) is 0 Å². The predicted octanol–water partition coefficient (Wildman–Crippen LogP) is 2.88. The van der Waals surface area contributed by atoms with E-state index in [0.717, 1.165) is 11.0 Å². The lowest BCUT2D eigenvalue weighted by atomic mass is 9.81. The van der Waals surface area contributed by atoms with E-state index in [1.807, 2.05) is 0 Å².